The van der Waals surface area contributed by atoms with E-state index in [9.17, 15) is 4.79 Å². The highest BCUT2D eigenvalue weighted by Crippen LogP contribution is 2.36. The number of carbonyl (C=O) groups excluding carboxylic acids is 1. The van der Waals surface area contributed by atoms with Gasteiger partial charge in [0, 0.05) is 37.6 Å². The summed E-state index contributed by atoms with van der Waals surface area (Å²) >= 11 is 6.10. The Balaban J connectivity index is 1.62. The normalized spacial score (nSPS) is 12.6. The molecule has 3 rings (SSSR count). The summed E-state index contributed by atoms with van der Waals surface area (Å²) in [6, 6.07) is 3.20. The first-order valence-corrected chi connectivity index (χ1v) is 8.22. The molecule has 0 saturated carbocycles. The summed E-state index contributed by atoms with van der Waals surface area (Å²) in [7, 11) is 3.25. The molecule has 2 heterocycles. The number of amides is 2. The number of ether oxygens (including phenoxy) is 2. The molecule has 2 aromatic rings. The van der Waals surface area contributed by atoms with Crippen molar-refractivity contribution in [2.45, 2.75) is 19.4 Å². The van der Waals surface area contributed by atoms with E-state index in [2.05, 4.69) is 15.5 Å². The number of nitrogens with one attached hydrogen (secondary N) is 1. The number of methoxy groups -OCH3 is 1. The highest BCUT2D eigenvalue weighted by Gasteiger charge is 2.21. The van der Waals surface area contributed by atoms with E-state index in [0.717, 1.165) is 12.0 Å². The average molecular weight is 367 g/mol. The van der Waals surface area contributed by atoms with Crippen molar-refractivity contribution in [3.05, 3.63) is 34.4 Å². The average Bonchev–Trinajstić information content (AvgIpc) is 3.21. The third-order valence-electron chi connectivity index (χ3n) is 3.75. The second-order valence-corrected chi connectivity index (χ2v) is 6.11. The number of halogens is 1. The van der Waals surface area contributed by atoms with Crippen LogP contribution in [0.15, 0.2) is 16.7 Å². The van der Waals surface area contributed by atoms with Gasteiger partial charge in [-0.3, -0.25) is 0 Å². The zero-order valence-electron chi connectivity index (χ0n) is 14.0. The van der Waals surface area contributed by atoms with E-state index in [1.807, 2.05) is 6.07 Å². The zero-order chi connectivity index (χ0) is 17.8. The van der Waals surface area contributed by atoms with Gasteiger partial charge in [0.15, 0.2) is 5.82 Å². The Morgan fingerprint density at radius 3 is 3.12 bits per heavy atom. The number of benzene rings is 1. The lowest BCUT2D eigenvalue weighted by Crippen LogP contribution is -2.31. The number of hydrogen-bond donors (Lipinski definition) is 1. The van der Waals surface area contributed by atoms with E-state index >= 15 is 0 Å². The fourth-order valence-electron chi connectivity index (χ4n) is 2.50. The molecule has 1 aliphatic heterocycles. The van der Waals surface area contributed by atoms with E-state index in [1.54, 1.807) is 20.2 Å². The number of carbonyl (C=O) groups is 1. The van der Waals surface area contributed by atoms with Crippen LogP contribution < -0.4 is 10.1 Å². The molecule has 2 amide bonds. The third kappa shape index (κ3) is 4.21. The number of hydrogen-bond acceptors (Lipinski definition) is 6. The van der Waals surface area contributed by atoms with Crippen molar-refractivity contribution in [1.29, 1.82) is 0 Å². The number of urea groups is 1. The van der Waals surface area contributed by atoms with Crippen LogP contribution >= 0.6 is 11.6 Å². The highest BCUT2D eigenvalue weighted by molar-refractivity contribution is 6.31. The van der Waals surface area contributed by atoms with Crippen LogP contribution in [0, 0.1) is 0 Å². The van der Waals surface area contributed by atoms with E-state index < -0.39 is 0 Å². The van der Waals surface area contributed by atoms with Crippen LogP contribution in [0.1, 0.15) is 17.3 Å². The quantitative estimate of drug-likeness (QED) is 0.844. The third-order valence-corrected chi connectivity index (χ3v) is 3.97. The molecule has 0 unspecified atom stereocenters. The maximum atomic E-state index is 12.4. The summed E-state index contributed by atoms with van der Waals surface area (Å²) in [6.45, 7) is 1.28. The topological polar surface area (TPSA) is 89.7 Å². The van der Waals surface area contributed by atoms with Crippen LogP contribution in [0.3, 0.4) is 0 Å². The largest absolute Gasteiger partial charge is 0.491 e. The van der Waals surface area contributed by atoms with Crippen molar-refractivity contribution < 1.29 is 18.8 Å². The predicted molar refractivity (Wildman–Crippen MR) is 91.0 cm³/mol. The predicted octanol–water partition coefficient (Wildman–Crippen LogP) is 2.51. The smallest absolute Gasteiger partial charge is 0.322 e. The van der Waals surface area contributed by atoms with Crippen molar-refractivity contribution in [2.24, 2.45) is 0 Å². The van der Waals surface area contributed by atoms with Crippen molar-refractivity contribution in [2.75, 3.05) is 32.7 Å². The van der Waals surface area contributed by atoms with Gasteiger partial charge in [-0.25, -0.2) is 4.79 Å². The lowest BCUT2D eigenvalue weighted by Gasteiger charge is -2.17. The molecule has 1 N–H and O–H groups in total. The molecule has 0 saturated heterocycles. The van der Waals surface area contributed by atoms with Gasteiger partial charge in [0.05, 0.1) is 18.9 Å². The van der Waals surface area contributed by atoms with Crippen molar-refractivity contribution in [3.63, 3.8) is 0 Å². The Labute approximate surface area is 150 Å². The number of fused-ring (bicyclic) bond motifs is 1. The second kappa shape index (κ2) is 7.71. The first-order valence-electron chi connectivity index (χ1n) is 7.84. The van der Waals surface area contributed by atoms with Gasteiger partial charge in [0.1, 0.15) is 12.3 Å². The number of nitrogens with zero attached hydrogens (tertiary/aromatic N) is 3. The van der Waals surface area contributed by atoms with E-state index in [4.69, 9.17) is 25.6 Å². The number of rotatable bonds is 6. The Morgan fingerprint density at radius 1 is 1.48 bits per heavy atom. The minimum absolute atomic E-state index is 0.190. The molecular weight excluding hydrogens is 348 g/mol. The molecule has 9 heteroatoms. The molecule has 8 nitrogen and oxygen atoms in total. The maximum absolute atomic E-state index is 12.4. The van der Waals surface area contributed by atoms with Gasteiger partial charge in [-0.1, -0.05) is 16.8 Å². The second-order valence-electron chi connectivity index (χ2n) is 5.67. The summed E-state index contributed by atoms with van der Waals surface area (Å²) < 4.78 is 15.7. The minimum atomic E-state index is -0.323. The molecular formula is C16H19ClN4O4. The SMILES string of the molecule is COCCc1noc(CN(C)C(=O)Nc2cc(Cl)cc3c2OCC3)n1. The van der Waals surface area contributed by atoms with Crippen molar-refractivity contribution >= 4 is 23.3 Å². The van der Waals surface area contributed by atoms with Gasteiger partial charge in [0.2, 0.25) is 5.89 Å². The van der Waals surface area contributed by atoms with Crippen molar-refractivity contribution in [1.82, 2.24) is 15.0 Å². The van der Waals surface area contributed by atoms with Crippen LogP contribution in [0.5, 0.6) is 5.75 Å². The standard InChI is InChI=1S/C16H19ClN4O4/c1-21(9-14-19-13(20-25-14)4-5-23-2)16(22)18-12-8-11(17)7-10-3-6-24-15(10)12/h7-8H,3-6,9H2,1-2H3,(H,18,22). The number of aromatic nitrogens is 2. The fourth-order valence-corrected chi connectivity index (χ4v) is 2.74. The zero-order valence-corrected chi connectivity index (χ0v) is 14.8. The van der Waals surface area contributed by atoms with Gasteiger partial charge < -0.3 is 24.2 Å². The number of anilines is 1. The monoisotopic (exact) mass is 366 g/mol. The molecule has 134 valence electrons. The van der Waals surface area contributed by atoms with Gasteiger partial charge in [-0.05, 0) is 12.1 Å². The molecule has 0 spiro atoms. The van der Waals surface area contributed by atoms with Crippen LogP contribution in [-0.4, -0.2) is 48.4 Å². The van der Waals surface area contributed by atoms with Crippen molar-refractivity contribution in [3.8, 4) is 5.75 Å². The molecule has 0 fully saturated rings. The van der Waals surface area contributed by atoms with Crippen LogP contribution in [0.4, 0.5) is 10.5 Å². The first-order chi connectivity index (χ1) is 12.1. The summed E-state index contributed by atoms with van der Waals surface area (Å²) in [5.41, 5.74) is 1.55. The van der Waals surface area contributed by atoms with Crippen LogP contribution in [0.25, 0.3) is 0 Å². The summed E-state index contributed by atoms with van der Waals surface area (Å²) in [5, 5.41) is 7.22. The molecule has 25 heavy (non-hydrogen) atoms. The molecule has 1 aromatic heterocycles. The van der Waals surface area contributed by atoms with E-state index in [1.165, 1.54) is 4.90 Å². The first kappa shape index (κ1) is 17.5. The van der Waals surface area contributed by atoms with Gasteiger partial charge in [0.25, 0.3) is 0 Å². The van der Waals surface area contributed by atoms with Gasteiger partial charge in [-0.2, -0.15) is 4.98 Å². The van der Waals surface area contributed by atoms with Crippen LogP contribution in [0.2, 0.25) is 5.02 Å². The lowest BCUT2D eigenvalue weighted by molar-refractivity contribution is 0.199. The fraction of sp³-hybridized carbons (Fsp3) is 0.438. The Bertz CT molecular complexity index is 765. The molecule has 0 atom stereocenters. The molecule has 0 aliphatic carbocycles. The van der Waals surface area contributed by atoms with Gasteiger partial charge in [-0.15, -0.1) is 0 Å². The van der Waals surface area contributed by atoms with E-state index in [0.29, 0.717) is 47.8 Å². The molecule has 1 aliphatic rings. The Hall–Kier alpha value is -2.32. The maximum Gasteiger partial charge on any atom is 0.322 e. The molecule has 0 bridgehead atoms. The van der Waals surface area contributed by atoms with Gasteiger partial charge >= 0.3 is 6.03 Å². The molecule has 1 aromatic carbocycles. The molecule has 0 radical (unpaired) electrons. The Morgan fingerprint density at radius 2 is 2.32 bits per heavy atom. The van der Waals surface area contributed by atoms with E-state index in [-0.39, 0.29) is 12.6 Å². The highest BCUT2D eigenvalue weighted by atomic mass is 35.5. The van der Waals surface area contributed by atoms with Crippen LogP contribution in [-0.2, 0) is 24.1 Å². The Kier molecular flexibility index (Phi) is 5.40. The summed E-state index contributed by atoms with van der Waals surface area (Å²) in [6.07, 6.45) is 1.34. The summed E-state index contributed by atoms with van der Waals surface area (Å²) in [4.78, 5) is 18.1. The minimum Gasteiger partial charge on any atom is -0.491 e. The summed E-state index contributed by atoms with van der Waals surface area (Å²) in [5.74, 6) is 1.58. The lowest BCUT2D eigenvalue weighted by atomic mass is 10.1.